The van der Waals surface area contributed by atoms with E-state index < -0.39 is 59.6 Å². The summed E-state index contributed by atoms with van der Waals surface area (Å²) in [6, 6.07) is 3.40. The Morgan fingerprint density at radius 1 is 1.00 bits per heavy atom. The van der Waals surface area contributed by atoms with Crippen molar-refractivity contribution in [1.29, 1.82) is 0 Å². The molecule has 0 saturated carbocycles. The Bertz CT molecular complexity index is 1130. The van der Waals surface area contributed by atoms with Crippen molar-refractivity contribution < 1.29 is 40.6 Å². The lowest BCUT2D eigenvalue weighted by molar-refractivity contribution is -0.124. The van der Waals surface area contributed by atoms with Crippen molar-refractivity contribution in [3.63, 3.8) is 0 Å². The molecule has 2 aromatic carbocycles. The van der Waals surface area contributed by atoms with Crippen LogP contribution in [0.1, 0.15) is 13.3 Å². The number of fused-ring (bicyclic) bond motifs is 1. The predicted molar refractivity (Wildman–Crippen MR) is 89.2 cm³/mol. The topological polar surface area (TPSA) is 175 Å². The molecule has 1 amide bonds. The molecular weight excluding hydrogens is 390 g/mol. The maximum Gasteiger partial charge on any atom is 0.296 e. The number of phenols is 1. The van der Waals surface area contributed by atoms with Crippen LogP contribution in [0.5, 0.6) is 5.75 Å². The van der Waals surface area contributed by atoms with Crippen LogP contribution in [0.15, 0.2) is 34.1 Å². The van der Waals surface area contributed by atoms with Gasteiger partial charge in [0.2, 0.25) is 5.91 Å². The van der Waals surface area contributed by atoms with Crippen molar-refractivity contribution in [3.8, 4) is 5.75 Å². The standard InChI is InChI=1S/C14H13NO9S2/c1-7(16)2-14(18)15-11-6-10-8(4-13(11)26(22,23)24)3-9(5-12(10)17)25(19,20)21/h3-6,17H,2H2,1H3,(H,15,18)(H,19,20,21)(H,22,23,24). The highest BCUT2D eigenvalue weighted by atomic mass is 32.2. The van der Waals surface area contributed by atoms with Crippen molar-refractivity contribution in [2.75, 3.05) is 5.32 Å². The monoisotopic (exact) mass is 403 g/mol. The number of aromatic hydroxyl groups is 1. The van der Waals surface area contributed by atoms with E-state index in [1.165, 1.54) is 0 Å². The third kappa shape index (κ3) is 4.35. The Kier molecular flexibility index (Phi) is 5.05. The fourth-order valence-corrected chi connectivity index (χ4v) is 3.42. The summed E-state index contributed by atoms with van der Waals surface area (Å²) >= 11 is 0. The van der Waals surface area contributed by atoms with Crippen LogP contribution < -0.4 is 5.32 Å². The molecule has 0 aliphatic heterocycles. The molecule has 10 nitrogen and oxygen atoms in total. The fourth-order valence-electron chi connectivity index (χ4n) is 2.22. The van der Waals surface area contributed by atoms with Gasteiger partial charge in [0.15, 0.2) is 0 Å². The molecule has 0 aliphatic rings. The molecule has 26 heavy (non-hydrogen) atoms. The average molecular weight is 403 g/mol. The van der Waals surface area contributed by atoms with Gasteiger partial charge in [0, 0.05) is 11.5 Å². The molecule has 2 aromatic rings. The number of nitrogens with one attached hydrogen (secondary N) is 1. The molecular formula is C14H13NO9S2. The second-order valence-electron chi connectivity index (χ2n) is 5.39. The molecule has 0 fully saturated rings. The number of carbonyl (C=O) groups is 2. The lowest BCUT2D eigenvalue weighted by Gasteiger charge is -2.12. The Morgan fingerprint density at radius 3 is 2.12 bits per heavy atom. The third-order valence-electron chi connectivity index (χ3n) is 3.26. The molecule has 0 saturated heterocycles. The number of Topliss-reactive ketones (excluding diaryl/α,β-unsaturated/α-hetero) is 1. The van der Waals surface area contributed by atoms with Gasteiger partial charge in [0.25, 0.3) is 20.2 Å². The van der Waals surface area contributed by atoms with Gasteiger partial charge in [-0.05, 0) is 30.5 Å². The normalized spacial score (nSPS) is 12.1. The quantitative estimate of drug-likeness (QED) is 0.418. The number of benzene rings is 2. The maximum atomic E-state index is 11.7. The molecule has 4 N–H and O–H groups in total. The van der Waals surface area contributed by atoms with E-state index in [1.807, 2.05) is 0 Å². The fraction of sp³-hybridized carbons (Fsp3) is 0.143. The first kappa shape index (κ1) is 19.8. The third-order valence-corrected chi connectivity index (χ3v) is 4.99. The predicted octanol–water partition coefficient (Wildman–Crippen LogP) is 0.956. The first-order chi connectivity index (χ1) is 11.8. The van der Waals surface area contributed by atoms with E-state index in [2.05, 4.69) is 5.32 Å². The smallest absolute Gasteiger partial charge is 0.296 e. The van der Waals surface area contributed by atoms with Gasteiger partial charge >= 0.3 is 0 Å². The highest BCUT2D eigenvalue weighted by Crippen LogP contribution is 2.34. The number of amides is 1. The number of hydrogen-bond donors (Lipinski definition) is 4. The van der Waals surface area contributed by atoms with E-state index in [9.17, 15) is 36.1 Å². The molecule has 0 radical (unpaired) electrons. The van der Waals surface area contributed by atoms with Crippen molar-refractivity contribution in [2.24, 2.45) is 0 Å². The van der Waals surface area contributed by atoms with E-state index in [-0.39, 0.29) is 10.8 Å². The number of anilines is 1. The van der Waals surface area contributed by atoms with Crippen LogP contribution in [0, 0.1) is 0 Å². The molecule has 0 aliphatic carbocycles. The van der Waals surface area contributed by atoms with Crippen LogP contribution >= 0.6 is 0 Å². The van der Waals surface area contributed by atoms with Crippen LogP contribution in [0.3, 0.4) is 0 Å². The molecule has 2 rings (SSSR count). The number of hydrogen-bond acceptors (Lipinski definition) is 7. The summed E-state index contributed by atoms with van der Waals surface area (Å²) in [6.45, 7) is 1.15. The number of phenolic OH excluding ortho intramolecular Hbond substituents is 1. The zero-order valence-corrected chi connectivity index (χ0v) is 14.8. The summed E-state index contributed by atoms with van der Waals surface area (Å²) in [5, 5.41) is 11.9. The van der Waals surface area contributed by atoms with Crippen LogP contribution in [-0.2, 0) is 29.8 Å². The van der Waals surface area contributed by atoms with Gasteiger partial charge in [-0.2, -0.15) is 16.8 Å². The Labute approximate surface area is 147 Å². The van der Waals surface area contributed by atoms with E-state index in [1.54, 1.807) is 0 Å². The second-order valence-corrected chi connectivity index (χ2v) is 8.20. The largest absolute Gasteiger partial charge is 0.507 e. The van der Waals surface area contributed by atoms with Gasteiger partial charge < -0.3 is 10.4 Å². The second kappa shape index (κ2) is 6.64. The SMILES string of the molecule is CC(=O)CC(=O)Nc1cc2c(O)cc(S(=O)(=O)O)cc2cc1S(=O)(=O)O. The number of ketones is 1. The van der Waals surface area contributed by atoms with Crippen LogP contribution in [0.4, 0.5) is 5.69 Å². The summed E-state index contributed by atoms with van der Waals surface area (Å²) in [5.41, 5.74) is -0.416. The van der Waals surface area contributed by atoms with E-state index in [0.717, 1.165) is 31.2 Å². The summed E-state index contributed by atoms with van der Waals surface area (Å²) in [4.78, 5) is 21.2. The minimum absolute atomic E-state index is 0.0667. The average Bonchev–Trinajstić information content (AvgIpc) is 2.44. The molecule has 0 unspecified atom stereocenters. The first-order valence-electron chi connectivity index (χ1n) is 6.84. The van der Waals surface area contributed by atoms with Gasteiger partial charge in [0.05, 0.1) is 17.0 Å². The Hall–Kier alpha value is -2.54. The number of carbonyl (C=O) groups excluding carboxylic acids is 2. The molecule has 0 aromatic heterocycles. The lowest BCUT2D eigenvalue weighted by atomic mass is 10.1. The van der Waals surface area contributed by atoms with Gasteiger partial charge in [-0.3, -0.25) is 18.7 Å². The summed E-state index contributed by atoms with van der Waals surface area (Å²) in [7, 11) is -9.54. The van der Waals surface area contributed by atoms with Gasteiger partial charge in [-0.1, -0.05) is 0 Å². The van der Waals surface area contributed by atoms with Crippen LogP contribution in [-0.4, -0.2) is 42.7 Å². The van der Waals surface area contributed by atoms with Crippen molar-refractivity contribution in [2.45, 2.75) is 23.1 Å². The van der Waals surface area contributed by atoms with Crippen LogP contribution in [0.25, 0.3) is 10.8 Å². The van der Waals surface area contributed by atoms with Crippen molar-refractivity contribution in [3.05, 3.63) is 24.3 Å². The highest BCUT2D eigenvalue weighted by Gasteiger charge is 2.21. The van der Waals surface area contributed by atoms with Crippen molar-refractivity contribution in [1.82, 2.24) is 0 Å². The van der Waals surface area contributed by atoms with E-state index >= 15 is 0 Å². The van der Waals surface area contributed by atoms with Gasteiger partial charge in [0.1, 0.15) is 16.4 Å². The molecule has 0 atom stereocenters. The van der Waals surface area contributed by atoms with Crippen molar-refractivity contribution >= 4 is 48.4 Å². The lowest BCUT2D eigenvalue weighted by Crippen LogP contribution is -2.17. The Morgan fingerprint density at radius 2 is 1.62 bits per heavy atom. The van der Waals surface area contributed by atoms with E-state index in [0.29, 0.717) is 0 Å². The highest BCUT2D eigenvalue weighted by molar-refractivity contribution is 7.86. The van der Waals surface area contributed by atoms with Gasteiger partial charge in [-0.25, -0.2) is 0 Å². The molecule has 0 bridgehead atoms. The molecule has 12 heteroatoms. The maximum absolute atomic E-state index is 11.7. The minimum Gasteiger partial charge on any atom is -0.507 e. The number of rotatable bonds is 5. The molecule has 140 valence electrons. The molecule has 0 spiro atoms. The summed E-state index contributed by atoms with van der Waals surface area (Å²) < 4.78 is 64.0. The zero-order valence-electron chi connectivity index (χ0n) is 13.1. The summed E-state index contributed by atoms with van der Waals surface area (Å²) in [6.07, 6.45) is -0.545. The Balaban J connectivity index is 2.75. The molecule has 0 heterocycles. The minimum atomic E-state index is -4.85. The first-order valence-corrected chi connectivity index (χ1v) is 9.72. The van der Waals surface area contributed by atoms with E-state index in [4.69, 9.17) is 4.55 Å². The zero-order chi connectivity index (χ0) is 19.9. The summed E-state index contributed by atoms with van der Waals surface area (Å²) in [5.74, 6) is -1.97. The van der Waals surface area contributed by atoms with Crippen LogP contribution in [0.2, 0.25) is 0 Å². The van der Waals surface area contributed by atoms with Gasteiger partial charge in [-0.15, -0.1) is 0 Å².